The minimum absolute atomic E-state index is 0.173. The van der Waals surface area contributed by atoms with E-state index in [0.29, 0.717) is 12.1 Å². The zero-order valence-electron chi connectivity index (χ0n) is 16.7. The van der Waals surface area contributed by atoms with Crippen LogP contribution in [0.25, 0.3) is 6.08 Å². The molecule has 1 heterocycles. The number of hydrogen-bond acceptors (Lipinski definition) is 4. The summed E-state index contributed by atoms with van der Waals surface area (Å²) in [7, 11) is 0. The quantitative estimate of drug-likeness (QED) is 0.396. The van der Waals surface area contributed by atoms with Crippen molar-refractivity contribution in [2.24, 2.45) is 0 Å². The number of esters is 1. The second kappa shape index (κ2) is 9.17. The third-order valence-electron chi connectivity index (χ3n) is 4.77. The lowest BCUT2D eigenvalue weighted by Crippen LogP contribution is -2.49. The Balaban J connectivity index is 1.80. The molecule has 0 spiro atoms. The zero-order valence-corrected chi connectivity index (χ0v) is 16.7. The maximum absolute atomic E-state index is 13.3. The molecule has 0 unspecified atom stereocenters. The molecule has 2 aromatic rings. The number of carbonyl (C=O) groups is 3. The lowest BCUT2D eigenvalue weighted by molar-refractivity contribution is -0.138. The highest BCUT2D eigenvalue weighted by Gasteiger charge is 2.39. The molecule has 1 aliphatic rings. The topological polar surface area (TPSA) is 63.7 Å². The number of carbonyl (C=O) groups excluding carboxylic acids is 3. The minimum atomic E-state index is -5.01. The van der Waals surface area contributed by atoms with Gasteiger partial charge in [0.1, 0.15) is 5.82 Å². The van der Waals surface area contributed by atoms with Gasteiger partial charge in [-0.1, -0.05) is 30.3 Å². The van der Waals surface area contributed by atoms with E-state index in [-0.39, 0.29) is 6.07 Å². The van der Waals surface area contributed by atoms with E-state index >= 15 is 0 Å². The molecule has 0 aliphatic carbocycles. The number of halogens is 4. The summed E-state index contributed by atoms with van der Waals surface area (Å²) in [5.41, 5.74) is -1.70. The molecular weight excluding hydrogens is 430 g/mol. The smallest absolute Gasteiger partial charge is 0.417 e. The predicted molar refractivity (Wildman–Crippen MR) is 107 cm³/mol. The van der Waals surface area contributed by atoms with Gasteiger partial charge in [-0.15, -0.1) is 0 Å². The second-order valence-corrected chi connectivity index (χ2v) is 6.96. The molecule has 1 amide bonds. The van der Waals surface area contributed by atoms with Gasteiger partial charge in [-0.3, -0.25) is 9.59 Å². The summed E-state index contributed by atoms with van der Waals surface area (Å²) >= 11 is 0. The van der Waals surface area contributed by atoms with Crippen LogP contribution >= 0.6 is 0 Å². The van der Waals surface area contributed by atoms with Crippen molar-refractivity contribution in [2.75, 3.05) is 0 Å². The van der Waals surface area contributed by atoms with E-state index in [2.05, 4.69) is 0 Å². The molecule has 5 nitrogen and oxygen atoms in total. The van der Waals surface area contributed by atoms with E-state index in [1.807, 2.05) is 6.07 Å². The first-order chi connectivity index (χ1) is 15.1. The molecule has 1 aliphatic heterocycles. The number of benzene rings is 2. The number of rotatable bonds is 4. The summed E-state index contributed by atoms with van der Waals surface area (Å²) in [5, 5.41) is 0. The van der Waals surface area contributed by atoms with Crippen LogP contribution in [0.15, 0.2) is 66.9 Å². The van der Waals surface area contributed by atoms with Crippen molar-refractivity contribution < 1.29 is 36.7 Å². The molecule has 0 fully saturated rings. The van der Waals surface area contributed by atoms with E-state index in [9.17, 15) is 31.9 Å². The first-order valence-corrected chi connectivity index (χ1v) is 9.43. The van der Waals surface area contributed by atoms with Crippen LogP contribution < -0.4 is 0 Å². The third kappa shape index (κ3) is 5.11. The highest BCUT2D eigenvalue weighted by atomic mass is 19.4. The van der Waals surface area contributed by atoms with Gasteiger partial charge in [0.05, 0.1) is 17.2 Å². The summed E-state index contributed by atoms with van der Waals surface area (Å²) in [6.45, 7) is 1.42. The Labute approximate surface area is 180 Å². The molecule has 9 heteroatoms. The molecular formula is C23H17F4NO4. The van der Waals surface area contributed by atoms with Crippen molar-refractivity contribution in [2.45, 2.75) is 25.2 Å². The Bertz CT molecular complexity index is 1090. The van der Waals surface area contributed by atoms with Crippen molar-refractivity contribution in [3.05, 3.63) is 89.4 Å². The Kier molecular flexibility index (Phi) is 6.57. The number of alkyl halides is 3. The molecule has 0 saturated carbocycles. The lowest BCUT2D eigenvalue weighted by atomic mass is 10.0. The van der Waals surface area contributed by atoms with Crippen LogP contribution in [0.4, 0.5) is 17.6 Å². The highest BCUT2D eigenvalue weighted by Crippen LogP contribution is 2.33. The normalized spacial score (nSPS) is 18.8. The third-order valence-corrected chi connectivity index (χ3v) is 4.77. The van der Waals surface area contributed by atoms with E-state index < -0.39 is 52.9 Å². The van der Waals surface area contributed by atoms with Crippen LogP contribution in [0, 0.1) is 5.82 Å². The van der Waals surface area contributed by atoms with Crippen molar-refractivity contribution in [1.82, 2.24) is 4.90 Å². The van der Waals surface area contributed by atoms with Crippen LogP contribution in [-0.2, 0) is 20.5 Å². The largest absolute Gasteiger partial charge is 0.448 e. The first-order valence-electron chi connectivity index (χ1n) is 9.43. The number of hydrogen-bond donors (Lipinski definition) is 0. The summed E-state index contributed by atoms with van der Waals surface area (Å²) in [4.78, 5) is 38.4. The SMILES string of the molecule is C[C@@H]1[C@@H](OC(=O)c2ccc(F)cc2C(F)(F)F)C(=O)C=CN1C(=O)/C=C/c1ccccc1. The summed E-state index contributed by atoms with van der Waals surface area (Å²) in [6, 6.07) is 9.43. The fraction of sp³-hybridized carbons (Fsp3) is 0.174. The molecule has 0 aromatic heterocycles. The van der Waals surface area contributed by atoms with Crippen molar-refractivity contribution in [1.29, 1.82) is 0 Å². The number of amides is 1. The van der Waals surface area contributed by atoms with Gasteiger partial charge in [-0.05, 0) is 36.8 Å². The lowest BCUT2D eigenvalue weighted by Gasteiger charge is -2.33. The molecule has 2 atom stereocenters. The van der Waals surface area contributed by atoms with Crippen molar-refractivity contribution >= 4 is 23.7 Å². The molecule has 0 N–H and O–H groups in total. The maximum atomic E-state index is 13.3. The van der Waals surface area contributed by atoms with E-state index in [0.717, 1.165) is 16.5 Å². The molecule has 166 valence electrons. The van der Waals surface area contributed by atoms with Crippen LogP contribution in [0.3, 0.4) is 0 Å². The fourth-order valence-electron chi connectivity index (χ4n) is 3.12. The van der Waals surface area contributed by atoms with E-state index in [1.54, 1.807) is 30.3 Å². The van der Waals surface area contributed by atoms with Gasteiger partial charge in [0, 0.05) is 18.4 Å². The predicted octanol–water partition coefficient (Wildman–Crippen LogP) is 4.40. The van der Waals surface area contributed by atoms with Gasteiger partial charge < -0.3 is 9.64 Å². The van der Waals surface area contributed by atoms with Crippen molar-refractivity contribution in [3.8, 4) is 0 Å². The highest BCUT2D eigenvalue weighted by molar-refractivity contribution is 6.01. The summed E-state index contributed by atoms with van der Waals surface area (Å²) < 4.78 is 57.9. The van der Waals surface area contributed by atoms with Crippen LogP contribution in [0.1, 0.15) is 28.4 Å². The molecule has 0 saturated heterocycles. The average Bonchev–Trinajstić information content (AvgIpc) is 2.75. The summed E-state index contributed by atoms with van der Waals surface area (Å²) in [6.07, 6.45) is -1.52. The molecule has 3 rings (SSSR count). The van der Waals surface area contributed by atoms with Gasteiger partial charge >= 0.3 is 12.1 Å². The monoisotopic (exact) mass is 447 g/mol. The average molecular weight is 447 g/mol. The molecule has 2 aromatic carbocycles. The summed E-state index contributed by atoms with van der Waals surface area (Å²) in [5.74, 6) is -3.85. The fourth-order valence-corrected chi connectivity index (χ4v) is 3.12. The Morgan fingerprint density at radius 3 is 2.44 bits per heavy atom. The van der Waals surface area contributed by atoms with Crippen LogP contribution in [0.5, 0.6) is 0 Å². The van der Waals surface area contributed by atoms with Gasteiger partial charge in [0.2, 0.25) is 0 Å². The van der Waals surface area contributed by atoms with Crippen LogP contribution in [-0.4, -0.2) is 34.7 Å². The molecule has 0 radical (unpaired) electrons. The zero-order chi connectivity index (χ0) is 23.5. The van der Waals surface area contributed by atoms with E-state index in [1.165, 1.54) is 19.2 Å². The number of ketones is 1. The Morgan fingerprint density at radius 1 is 1.09 bits per heavy atom. The second-order valence-electron chi connectivity index (χ2n) is 6.96. The van der Waals surface area contributed by atoms with Gasteiger partial charge in [-0.2, -0.15) is 13.2 Å². The number of nitrogens with zero attached hydrogens (tertiary/aromatic N) is 1. The van der Waals surface area contributed by atoms with Gasteiger partial charge in [0.25, 0.3) is 5.91 Å². The van der Waals surface area contributed by atoms with Crippen LogP contribution in [0.2, 0.25) is 0 Å². The van der Waals surface area contributed by atoms with Crippen molar-refractivity contribution in [3.63, 3.8) is 0 Å². The number of ether oxygens (including phenoxy) is 1. The Hall–Kier alpha value is -3.75. The van der Waals surface area contributed by atoms with E-state index in [4.69, 9.17) is 4.74 Å². The standard InChI is InChI=1S/C23H17F4NO4/c1-14-21(32-22(31)17-9-8-16(24)13-18(17)23(25,26)27)19(29)11-12-28(14)20(30)10-7-15-5-3-2-4-6-15/h2-14,21H,1H3/b10-7+/t14-,21-/m1/s1. The minimum Gasteiger partial charge on any atom is -0.448 e. The van der Waals surface area contributed by atoms with Gasteiger partial charge in [0.15, 0.2) is 11.9 Å². The maximum Gasteiger partial charge on any atom is 0.417 e. The first kappa shape index (κ1) is 22.9. The Morgan fingerprint density at radius 2 is 1.78 bits per heavy atom. The molecule has 32 heavy (non-hydrogen) atoms. The van der Waals surface area contributed by atoms with Gasteiger partial charge in [-0.25, -0.2) is 9.18 Å². The molecule has 0 bridgehead atoms.